The average Bonchev–Trinajstić information content (AvgIpc) is 2.67. The van der Waals surface area contributed by atoms with Gasteiger partial charge in [-0.2, -0.15) is 0 Å². The topological polar surface area (TPSA) is 58.4 Å². The van der Waals surface area contributed by atoms with Gasteiger partial charge in [0, 0.05) is 19.1 Å². The molecule has 1 heterocycles. The number of rotatable bonds is 3. The molecule has 0 spiro atoms. The first-order chi connectivity index (χ1) is 8.15. The van der Waals surface area contributed by atoms with E-state index in [1.54, 1.807) is 12.1 Å². The molecular weight excluding hydrogens is 273 g/mol. The molecule has 1 aromatic rings. The molecule has 0 saturated carbocycles. The Labute approximate surface area is 118 Å². The van der Waals surface area contributed by atoms with Gasteiger partial charge in [-0.05, 0) is 18.6 Å². The van der Waals surface area contributed by atoms with E-state index < -0.39 is 0 Å². The molecule has 0 aromatic heterocycles. The maximum absolute atomic E-state index is 11.8. The number of nitrogens with two attached hydrogens (primary N) is 1. The molecule has 18 heavy (non-hydrogen) atoms. The molecule has 0 radical (unpaired) electrons. The van der Waals surface area contributed by atoms with Crippen LogP contribution in [-0.4, -0.2) is 36.5 Å². The zero-order valence-electron chi connectivity index (χ0n) is 9.93. The Morgan fingerprint density at radius 3 is 2.83 bits per heavy atom. The fourth-order valence-electron chi connectivity index (χ4n) is 1.96. The fourth-order valence-corrected chi connectivity index (χ4v) is 2.14. The van der Waals surface area contributed by atoms with Crippen LogP contribution < -0.4 is 11.1 Å². The van der Waals surface area contributed by atoms with Crippen LogP contribution in [0, 0.1) is 0 Å². The van der Waals surface area contributed by atoms with Gasteiger partial charge in [-0.3, -0.25) is 9.69 Å². The van der Waals surface area contributed by atoms with Crippen molar-refractivity contribution in [1.82, 2.24) is 4.90 Å². The lowest BCUT2D eigenvalue weighted by Gasteiger charge is -2.15. The van der Waals surface area contributed by atoms with Gasteiger partial charge in [-0.1, -0.05) is 23.7 Å². The summed E-state index contributed by atoms with van der Waals surface area (Å²) in [7, 11) is 0. The number of hydrogen-bond acceptors (Lipinski definition) is 3. The van der Waals surface area contributed by atoms with E-state index >= 15 is 0 Å². The van der Waals surface area contributed by atoms with Crippen LogP contribution in [-0.2, 0) is 4.79 Å². The van der Waals surface area contributed by atoms with Crippen LogP contribution in [0.3, 0.4) is 0 Å². The van der Waals surface area contributed by atoms with E-state index in [4.69, 9.17) is 17.3 Å². The van der Waals surface area contributed by atoms with E-state index in [2.05, 4.69) is 10.2 Å². The maximum Gasteiger partial charge on any atom is 0.238 e. The molecule has 1 aromatic carbocycles. The molecule has 6 heteroatoms. The number of benzene rings is 1. The van der Waals surface area contributed by atoms with E-state index in [-0.39, 0.29) is 24.4 Å². The van der Waals surface area contributed by atoms with Crippen LogP contribution >= 0.6 is 24.0 Å². The second kappa shape index (κ2) is 6.95. The van der Waals surface area contributed by atoms with Crippen molar-refractivity contribution in [1.29, 1.82) is 0 Å². The third-order valence-corrected chi connectivity index (χ3v) is 3.15. The highest BCUT2D eigenvalue weighted by molar-refractivity contribution is 6.33. The van der Waals surface area contributed by atoms with Crippen molar-refractivity contribution in [2.75, 3.05) is 25.0 Å². The lowest BCUT2D eigenvalue weighted by Crippen LogP contribution is -2.33. The summed E-state index contributed by atoms with van der Waals surface area (Å²) in [5.74, 6) is -0.0489. The molecule has 0 unspecified atom stereocenters. The van der Waals surface area contributed by atoms with Crippen molar-refractivity contribution >= 4 is 35.6 Å². The first kappa shape index (κ1) is 15.2. The fraction of sp³-hybridized carbons (Fsp3) is 0.417. The number of nitrogens with zero attached hydrogens (tertiary/aromatic N) is 1. The highest BCUT2D eigenvalue weighted by Crippen LogP contribution is 2.20. The summed E-state index contributed by atoms with van der Waals surface area (Å²) in [5, 5.41) is 3.35. The second-order valence-electron chi connectivity index (χ2n) is 4.31. The van der Waals surface area contributed by atoms with Gasteiger partial charge in [-0.25, -0.2) is 0 Å². The molecule has 1 aliphatic heterocycles. The summed E-state index contributed by atoms with van der Waals surface area (Å²) in [6.07, 6.45) is 0.958. The van der Waals surface area contributed by atoms with Crippen molar-refractivity contribution < 1.29 is 4.79 Å². The number of halogens is 2. The van der Waals surface area contributed by atoms with E-state index in [1.165, 1.54) is 0 Å². The minimum absolute atomic E-state index is 0. The molecule has 1 amide bonds. The molecular formula is C12H17Cl2N3O. The molecule has 0 bridgehead atoms. The molecule has 1 saturated heterocycles. The summed E-state index contributed by atoms with van der Waals surface area (Å²) in [6.45, 7) is 2.05. The number of amides is 1. The zero-order chi connectivity index (χ0) is 12.3. The number of carbonyl (C=O) groups is 1. The molecule has 3 N–H and O–H groups in total. The van der Waals surface area contributed by atoms with Crippen LogP contribution in [0.25, 0.3) is 0 Å². The monoisotopic (exact) mass is 289 g/mol. The average molecular weight is 290 g/mol. The minimum Gasteiger partial charge on any atom is -0.326 e. The van der Waals surface area contributed by atoms with Gasteiger partial charge < -0.3 is 11.1 Å². The van der Waals surface area contributed by atoms with Crippen molar-refractivity contribution in [3.63, 3.8) is 0 Å². The van der Waals surface area contributed by atoms with Crippen LogP contribution in [0.1, 0.15) is 6.42 Å². The normalized spacial score (nSPS) is 19.3. The summed E-state index contributed by atoms with van der Waals surface area (Å²) in [4.78, 5) is 13.8. The maximum atomic E-state index is 11.8. The van der Waals surface area contributed by atoms with Gasteiger partial charge in [0.25, 0.3) is 0 Å². The van der Waals surface area contributed by atoms with Crippen LogP contribution in [0.5, 0.6) is 0 Å². The first-order valence-electron chi connectivity index (χ1n) is 5.67. The van der Waals surface area contributed by atoms with Gasteiger partial charge in [0.1, 0.15) is 0 Å². The van der Waals surface area contributed by atoms with Crippen molar-refractivity contribution in [3.05, 3.63) is 29.3 Å². The first-order valence-corrected chi connectivity index (χ1v) is 6.05. The number of para-hydroxylation sites is 1. The molecule has 1 aliphatic rings. The Kier molecular flexibility index (Phi) is 5.88. The van der Waals surface area contributed by atoms with Gasteiger partial charge in [0.05, 0.1) is 17.3 Å². The van der Waals surface area contributed by atoms with Gasteiger partial charge >= 0.3 is 0 Å². The molecule has 0 aliphatic carbocycles. The smallest absolute Gasteiger partial charge is 0.238 e. The van der Waals surface area contributed by atoms with E-state index in [1.807, 2.05) is 12.1 Å². The molecule has 4 nitrogen and oxygen atoms in total. The van der Waals surface area contributed by atoms with Gasteiger partial charge in [-0.15, -0.1) is 12.4 Å². The van der Waals surface area contributed by atoms with E-state index in [0.717, 1.165) is 19.5 Å². The number of anilines is 1. The van der Waals surface area contributed by atoms with Crippen LogP contribution in [0.15, 0.2) is 24.3 Å². The molecule has 1 fully saturated rings. The van der Waals surface area contributed by atoms with Crippen molar-refractivity contribution in [2.45, 2.75) is 12.5 Å². The lowest BCUT2D eigenvalue weighted by molar-refractivity contribution is -0.117. The van der Waals surface area contributed by atoms with Crippen LogP contribution in [0.2, 0.25) is 5.02 Å². The third kappa shape index (κ3) is 4.14. The number of likely N-dealkylation sites (tertiary alicyclic amines) is 1. The molecule has 1 atom stereocenters. The number of nitrogens with one attached hydrogen (secondary N) is 1. The largest absolute Gasteiger partial charge is 0.326 e. The predicted octanol–water partition coefficient (Wildman–Crippen LogP) is 1.73. The quantitative estimate of drug-likeness (QED) is 0.891. The van der Waals surface area contributed by atoms with E-state index in [9.17, 15) is 4.79 Å². The minimum atomic E-state index is -0.0489. The van der Waals surface area contributed by atoms with Crippen molar-refractivity contribution in [3.8, 4) is 0 Å². The number of hydrogen-bond donors (Lipinski definition) is 2. The highest BCUT2D eigenvalue weighted by atomic mass is 35.5. The van der Waals surface area contributed by atoms with Crippen LogP contribution in [0.4, 0.5) is 5.69 Å². The summed E-state index contributed by atoms with van der Waals surface area (Å²) in [6, 6.07) is 7.41. The molecule has 2 rings (SSSR count). The summed E-state index contributed by atoms with van der Waals surface area (Å²) >= 11 is 5.96. The Hall–Kier alpha value is -0.810. The predicted molar refractivity (Wildman–Crippen MR) is 76.4 cm³/mol. The Morgan fingerprint density at radius 1 is 1.50 bits per heavy atom. The summed E-state index contributed by atoms with van der Waals surface area (Å²) < 4.78 is 0. The standard InChI is InChI=1S/C12H16ClN3O.ClH/c13-10-3-1-2-4-11(10)15-12(17)8-16-6-5-9(14)7-16;/h1-4,9H,5-8,14H2,(H,15,17);1H/t9-;/m0./s1. The lowest BCUT2D eigenvalue weighted by atomic mass is 10.3. The Morgan fingerprint density at radius 2 is 2.22 bits per heavy atom. The van der Waals surface area contributed by atoms with Crippen molar-refractivity contribution in [2.24, 2.45) is 5.73 Å². The van der Waals surface area contributed by atoms with Gasteiger partial charge in [0.15, 0.2) is 0 Å². The zero-order valence-corrected chi connectivity index (χ0v) is 11.5. The van der Waals surface area contributed by atoms with E-state index in [0.29, 0.717) is 17.3 Å². The van der Waals surface area contributed by atoms with Gasteiger partial charge in [0.2, 0.25) is 5.91 Å². The molecule has 100 valence electrons. The Bertz CT molecular complexity index is 414. The SMILES string of the molecule is Cl.N[C@H]1CCN(CC(=O)Nc2ccccc2Cl)C1. The third-order valence-electron chi connectivity index (χ3n) is 2.82. The number of carbonyl (C=O) groups excluding carboxylic acids is 1. The summed E-state index contributed by atoms with van der Waals surface area (Å²) in [5.41, 5.74) is 6.44. The Balaban J connectivity index is 0.00000162. The second-order valence-corrected chi connectivity index (χ2v) is 4.72. The highest BCUT2D eigenvalue weighted by Gasteiger charge is 2.21.